The Bertz CT molecular complexity index is 552. The van der Waals surface area contributed by atoms with E-state index in [0.29, 0.717) is 12.1 Å². The molecule has 0 amide bonds. The summed E-state index contributed by atoms with van der Waals surface area (Å²) in [6, 6.07) is 11.0. The SMILES string of the molecule is CN=C(NCCCOCC1CCCO1)NC1CCN(c2ccccc2)C1.I. The Balaban J connectivity index is 0.00000261. The second-order valence-electron chi connectivity index (χ2n) is 6.97. The van der Waals surface area contributed by atoms with Crippen LogP contribution in [0.15, 0.2) is 35.3 Å². The summed E-state index contributed by atoms with van der Waals surface area (Å²) < 4.78 is 11.3. The molecule has 0 aliphatic carbocycles. The van der Waals surface area contributed by atoms with E-state index in [4.69, 9.17) is 9.47 Å². The van der Waals surface area contributed by atoms with E-state index in [-0.39, 0.29) is 24.0 Å². The quantitative estimate of drug-likeness (QED) is 0.255. The van der Waals surface area contributed by atoms with Gasteiger partial charge in [0.15, 0.2) is 5.96 Å². The molecule has 0 aromatic heterocycles. The van der Waals surface area contributed by atoms with Gasteiger partial charge in [-0.3, -0.25) is 4.99 Å². The maximum absolute atomic E-state index is 5.70. The number of nitrogens with zero attached hydrogens (tertiary/aromatic N) is 2. The molecular formula is C20H33IN4O2. The van der Waals surface area contributed by atoms with Gasteiger partial charge < -0.3 is 25.0 Å². The normalized spacial score (nSPS) is 22.6. The number of hydrogen-bond donors (Lipinski definition) is 2. The largest absolute Gasteiger partial charge is 0.379 e. The van der Waals surface area contributed by atoms with Crippen molar-refractivity contribution < 1.29 is 9.47 Å². The summed E-state index contributed by atoms with van der Waals surface area (Å²) in [7, 11) is 1.83. The maximum atomic E-state index is 5.70. The van der Waals surface area contributed by atoms with Gasteiger partial charge in [-0.15, -0.1) is 24.0 Å². The molecule has 2 atom stereocenters. The Labute approximate surface area is 180 Å². The fourth-order valence-electron chi connectivity index (χ4n) is 3.51. The average molecular weight is 488 g/mol. The van der Waals surface area contributed by atoms with Gasteiger partial charge in [0.05, 0.1) is 12.7 Å². The number of guanidine groups is 1. The number of halogens is 1. The van der Waals surface area contributed by atoms with Gasteiger partial charge in [-0.2, -0.15) is 0 Å². The van der Waals surface area contributed by atoms with Crippen LogP contribution in [0.4, 0.5) is 5.69 Å². The first-order valence-electron chi connectivity index (χ1n) is 9.81. The second kappa shape index (κ2) is 12.4. The van der Waals surface area contributed by atoms with Crippen LogP contribution in [0.1, 0.15) is 25.7 Å². The third-order valence-corrected chi connectivity index (χ3v) is 4.96. The zero-order chi connectivity index (χ0) is 18.0. The van der Waals surface area contributed by atoms with E-state index in [1.165, 1.54) is 12.1 Å². The Morgan fingerprint density at radius 2 is 2.15 bits per heavy atom. The highest BCUT2D eigenvalue weighted by molar-refractivity contribution is 14.0. The molecule has 0 spiro atoms. The predicted octanol–water partition coefficient (Wildman–Crippen LogP) is 2.63. The minimum atomic E-state index is 0. The van der Waals surface area contributed by atoms with Crippen molar-refractivity contribution in [3.8, 4) is 0 Å². The average Bonchev–Trinajstić information content (AvgIpc) is 3.36. The molecule has 152 valence electrons. The summed E-state index contributed by atoms with van der Waals surface area (Å²) in [4.78, 5) is 6.77. The number of rotatable bonds is 8. The van der Waals surface area contributed by atoms with Gasteiger partial charge in [0.1, 0.15) is 0 Å². The Hall–Kier alpha value is -1.06. The minimum absolute atomic E-state index is 0. The smallest absolute Gasteiger partial charge is 0.191 e. The zero-order valence-corrected chi connectivity index (χ0v) is 18.6. The van der Waals surface area contributed by atoms with Crippen LogP contribution in [-0.4, -0.2) is 64.6 Å². The molecule has 0 bridgehead atoms. The number of para-hydroxylation sites is 1. The Kier molecular flexibility index (Phi) is 10.2. The van der Waals surface area contributed by atoms with Crippen LogP contribution in [0, 0.1) is 0 Å². The molecule has 2 unspecified atom stereocenters. The zero-order valence-electron chi connectivity index (χ0n) is 16.2. The van der Waals surface area contributed by atoms with E-state index in [1.807, 2.05) is 7.05 Å². The predicted molar refractivity (Wildman–Crippen MR) is 121 cm³/mol. The number of anilines is 1. The van der Waals surface area contributed by atoms with E-state index >= 15 is 0 Å². The van der Waals surface area contributed by atoms with Gasteiger partial charge in [-0.05, 0) is 37.8 Å². The van der Waals surface area contributed by atoms with Gasteiger partial charge in [-0.1, -0.05) is 18.2 Å². The van der Waals surface area contributed by atoms with Crippen LogP contribution in [0.5, 0.6) is 0 Å². The van der Waals surface area contributed by atoms with Crippen LogP contribution in [0.3, 0.4) is 0 Å². The summed E-state index contributed by atoms with van der Waals surface area (Å²) in [5, 5.41) is 6.93. The van der Waals surface area contributed by atoms with Gasteiger partial charge in [0.25, 0.3) is 0 Å². The highest BCUT2D eigenvalue weighted by Crippen LogP contribution is 2.19. The van der Waals surface area contributed by atoms with Gasteiger partial charge >= 0.3 is 0 Å². The molecule has 3 rings (SSSR count). The first-order valence-corrected chi connectivity index (χ1v) is 9.81. The molecule has 2 saturated heterocycles. The topological polar surface area (TPSA) is 58.1 Å². The van der Waals surface area contributed by atoms with E-state index < -0.39 is 0 Å². The minimum Gasteiger partial charge on any atom is -0.379 e. The summed E-state index contributed by atoms with van der Waals surface area (Å²) in [6.45, 7) is 5.32. The van der Waals surface area contributed by atoms with Crippen molar-refractivity contribution in [2.75, 3.05) is 51.4 Å². The number of nitrogens with one attached hydrogen (secondary N) is 2. The Morgan fingerprint density at radius 1 is 1.30 bits per heavy atom. The van der Waals surface area contributed by atoms with E-state index in [2.05, 4.69) is 50.9 Å². The third-order valence-electron chi connectivity index (χ3n) is 4.96. The van der Waals surface area contributed by atoms with Crippen molar-refractivity contribution in [2.45, 2.75) is 37.8 Å². The van der Waals surface area contributed by atoms with Crippen LogP contribution < -0.4 is 15.5 Å². The monoisotopic (exact) mass is 488 g/mol. The molecule has 0 saturated carbocycles. The molecule has 6 nitrogen and oxygen atoms in total. The molecule has 2 heterocycles. The summed E-state index contributed by atoms with van der Waals surface area (Å²) in [5.74, 6) is 0.879. The van der Waals surface area contributed by atoms with Crippen LogP contribution in [0.25, 0.3) is 0 Å². The van der Waals surface area contributed by atoms with Crippen LogP contribution >= 0.6 is 24.0 Å². The second-order valence-corrected chi connectivity index (χ2v) is 6.97. The molecule has 0 radical (unpaired) electrons. The summed E-state index contributed by atoms with van der Waals surface area (Å²) in [5.41, 5.74) is 1.29. The highest BCUT2D eigenvalue weighted by atomic mass is 127. The van der Waals surface area contributed by atoms with E-state index in [9.17, 15) is 0 Å². The summed E-state index contributed by atoms with van der Waals surface area (Å²) >= 11 is 0. The lowest BCUT2D eigenvalue weighted by Crippen LogP contribution is -2.45. The fourth-order valence-corrected chi connectivity index (χ4v) is 3.51. The van der Waals surface area contributed by atoms with Crippen molar-refractivity contribution >= 4 is 35.6 Å². The Morgan fingerprint density at radius 3 is 2.89 bits per heavy atom. The highest BCUT2D eigenvalue weighted by Gasteiger charge is 2.23. The molecule has 2 aliphatic heterocycles. The fraction of sp³-hybridized carbons (Fsp3) is 0.650. The van der Waals surface area contributed by atoms with Gasteiger partial charge in [0, 0.05) is 51.6 Å². The lowest BCUT2D eigenvalue weighted by Gasteiger charge is -2.20. The number of hydrogen-bond acceptors (Lipinski definition) is 4. The van der Waals surface area contributed by atoms with Crippen LogP contribution in [-0.2, 0) is 9.47 Å². The number of ether oxygens (including phenoxy) is 2. The molecule has 2 fully saturated rings. The number of benzene rings is 1. The first kappa shape index (κ1) is 22.2. The van der Waals surface area contributed by atoms with Crippen LogP contribution in [0.2, 0.25) is 0 Å². The van der Waals surface area contributed by atoms with Crippen molar-refractivity contribution in [3.63, 3.8) is 0 Å². The molecular weight excluding hydrogens is 455 g/mol. The maximum Gasteiger partial charge on any atom is 0.191 e. The van der Waals surface area contributed by atoms with Crippen molar-refractivity contribution in [2.24, 2.45) is 4.99 Å². The molecule has 1 aromatic carbocycles. The van der Waals surface area contributed by atoms with Crippen molar-refractivity contribution in [1.82, 2.24) is 10.6 Å². The lowest BCUT2D eigenvalue weighted by atomic mass is 10.2. The van der Waals surface area contributed by atoms with E-state index in [1.54, 1.807) is 0 Å². The molecule has 2 aliphatic rings. The standard InChI is InChI=1S/C20H32N4O2.HI/c1-21-20(22-11-6-13-25-16-19-9-5-14-26-19)23-17-10-12-24(15-17)18-7-3-2-4-8-18;/h2-4,7-8,17,19H,5-6,9-16H2,1H3,(H2,21,22,23);1H. The van der Waals surface area contributed by atoms with E-state index in [0.717, 1.165) is 64.7 Å². The molecule has 1 aromatic rings. The number of aliphatic imine (C=N–C) groups is 1. The molecule has 27 heavy (non-hydrogen) atoms. The van der Waals surface area contributed by atoms with Gasteiger partial charge in [-0.25, -0.2) is 0 Å². The van der Waals surface area contributed by atoms with Crippen molar-refractivity contribution in [3.05, 3.63) is 30.3 Å². The third kappa shape index (κ3) is 7.46. The van der Waals surface area contributed by atoms with Crippen molar-refractivity contribution in [1.29, 1.82) is 0 Å². The molecule has 7 heteroatoms. The first-order chi connectivity index (χ1) is 12.8. The summed E-state index contributed by atoms with van der Waals surface area (Å²) in [6.07, 6.45) is 4.71. The van der Waals surface area contributed by atoms with Gasteiger partial charge in [0.2, 0.25) is 0 Å². The lowest BCUT2D eigenvalue weighted by molar-refractivity contribution is 0.0168. The molecule has 2 N–H and O–H groups in total.